The Balaban J connectivity index is 0.00000420. The Morgan fingerprint density at radius 2 is 2.00 bits per heavy atom. The maximum absolute atomic E-state index is 12.0. The Bertz CT molecular complexity index is 642. The second-order valence-electron chi connectivity index (χ2n) is 8.03. The van der Waals surface area contributed by atoms with E-state index in [2.05, 4.69) is 38.8 Å². The molecule has 0 aromatic heterocycles. The van der Waals surface area contributed by atoms with Gasteiger partial charge in [0.15, 0.2) is 5.96 Å². The average molecular weight is 515 g/mol. The van der Waals surface area contributed by atoms with E-state index in [1.807, 2.05) is 39.1 Å². The van der Waals surface area contributed by atoms with Gasteiger partial charge >= 0.3 is 0 Å². The predicted molar refractivity (Wildman–Crippen MR) is 133 cm³/mol. The molecule has 0 radical (unpaired) electrons. The molecule has 1 amide bonds. The number of benzene rings is 1. The van der Waals surface area contributed by atoms with E-state index in [1.54, 1.807) is 0 Å². The fraction of sp³-hybridized carbons (Fsp3) is 0.636. The first-order valence-electron chi connectivity index (χ1n) is 10.6. The van der Waals surface area contributed by atoms with Gasteiger partial charge in [0, 0.05) is 44.8 Å². The lowest BCUT2D eigenvalue weighted by Gasteiger charge is -2.32. The van der Waals surface area contributed by atoms with Crippen LogP contribution in [0.25, 0.3) is 0 Å². The number of piperidine rings is 1. The van der Waals surface area contributed by atoms with Crippen molar-refractivity contribution < 1.29 is 4.79 Å². The number of nitrogens with zero attached hydrogens (tertiary/aromatic N) is 2. The maximum Gasteiger partial charge on any atom is 0.224 e. The van der Waals surface area contributed by atoms with Crippen LogP contribution in [0.1, 0.15) is 52.0 Å². The highest BCUT2D eigenvalue weighted by Gasteiger charge is 2.19. The van der Waals surface area contributed by atoms with Gasteiger partial charge in [-0.1, -0.05) is 32.9 Å². The number of amides is 1. The number of rotatable bonds is 8. The van der Waals surface area contributed by atoms with Gasteiger partial charge in [-0.25, -0.2) is 0 Å². The lowest BCUT2D eigenvalue weighted by Crippen LogP contribution is -2.48. The molecule has 0 spiro atoms. The molecule has 0 unspecified atom stereocenters. The molecule has 1 aliphatic rings. The first kappa shape index (κ1) is 25.7. The van der Waals surface area contributed by atoms with Gasteiger partial charge in [-0.2, -0.15) is 0 Å². The third-order valence-electron chi connectivity index (χ3n) is 4.96. The van der Waals surface area contributed by atoms with Crippen molar-refractivity contribution in [3.8, 4) is 0 Å². The minimum Gasteiger partial charge on any atom is -0.354 e. The second-order valence-corrected chi connectivity index (χ2v) is 8.03. The van der Waals surface area contributed by atoms with Gasteiger partial charge in [-0.3, -0.25) is 9.79 Å². The highest BCUT2D eigenvalue weighted by Crippen LogP contribution is 2.13. The van der Waals surface area contributed by atoms with Crippen LogP contribution in [0.2, 0.25) is 0 Å². The van der Waals surface area contributed by atoms with Crippen molar-refractivity contribution in [3.63, 3.8) is 0 Å². The number of carbonyl (C=O) groups is 1. The Hall–Kier alpha value is -1.35. The second kappa shape index (κ2) is 13.8. The summed E-state index contributed by atoms with van der Waals surface area (Å²) in [6.07, 6.45) is 4.06. The highest BCUT2D eigenvalue weighted by molar-refractivity contribution is 14.0. The largest absolute Gasteiger partial charge is 0.354 e. The monoisotopic (exact) mass is 515 g/mol. The zero-order valence-corrected chi connectivity index (χ0v) is 20.7. The molecular weight excluding hydrogens is 477 g/mol. The topological polar surface area (TPSA) is 68.8 Å². The molecule has 1 aromatic carbocycles. The summed E-state index contributed by atoms with van der Waals surface area (Å²) in [5.41, 5.74) is 1.96. The summed E-state index contributed by atoms with van der Waals surface area (Å²) < 4.78 is 0. The molecule has 3 N–H and O–H groups in total. The van der Waals surface area contributed by atoms with Gasteiger partial charge < -0.3 is 20.9 Å². The molecule has 1 saturated heterocycles. The van der Waals surface area contributed by atoms with E-state index in [1.165, 1.54) is 13.0 Å². The fourth-order valence-corrected chi connectivity index (χ4v) is 3.53. The molecular formula is C22H38IN5O. The molecule has 1 aliphatic heterocycles. The summed E-state index contributed by atoms with van der Waals surface area (Å²) in [4.78, 5) is 18.9. The third kappa shape index (κ3) is 9.80. The highest BCUT2D eigenvalue weighted by atomic mass is 127. The van der Waals surface area contributed by atoms with Crippen molar-refractivity contribution in [2.75, 3.05) is 32.0 Å². The van der Waals surface area contributed by atoms with Crippen molar-refractivity contribution >= 4 is 41.5 Å². The maximum atomic E-state index is 12.0. The van der Waals surface area contributed by atoms with E-state index >= 15 is 0 Å². The van der Waals surface area contributed by atoms with Crippen molar-refractivity contribution in [2.24, 2.45) is 10.9 Å². The molecule has 0 bridgehead atoms. The Morgan fingerprint density at radius 1 is 1.28 bits per heavy atom. The summed E-state index contributed by atoms with van der Waals surface area (Å²) in [7, 11) is 1.81. The molecule has 6 nitrogen and oxygen atoms in total. The summed E-state index contributed by atoms with van der Waals surface area (Å²) in [6, 6.07) is 8.45. The van der Waals surface area contributed by atoms with Gasteiger partial charge in [0.2, 0.25) is 5.91 Å². The Labute approximate surface area is 193 Å². The summed E-state index contributed by atoms with van der Waals surface area (Å²) in [5.74, 6) is 1.25. The van der Waals surface area contributed by atoms with Crippen LogP contribution in [-0.4, -0.2) is 49.5 Å². The molecule has 1 heterocycles. The van der Waals surface area contributed by atoms with Crippen LogP contribution < -0.4 is 16.0 Å². The Kier molecular flexibility index (Phi) is 12.2. The van der Waals surface area contributed by atoms with E-state index < -0.39 is 0 Å². The van der Waals surface area contributed by atoms with Gasteiger partial charge in [-0.15, -0.1) is 24.0 Å². The number of hydrogen-bond acceptors (Lipinski definition) is 3. The number of nitrogens with one attached hydrogen (secondary N) is 3. The summed E-state index contributed by atoms with van der Waals surface area (Å²) >= 11 is 0. The predicted octanol–water partition coefficient (Wildman–Crippen LogP) is 3.83. The SMILES string of the molecule is CCCN1CCC(NC(=NC)NCc2cccc(NC(=O)CC(C)C)c2)CC1.I. The number of anilines is 1. The first-order valence-corrected chi connectivity index (χ1v) is 10.6. The van der Waals surface area contributed by atoms with Gasteiger partial charge in [0.1, 0.15) is 0 Å². The van der Waals surface area contributed by atoms with Crippen LogP contribution in [0.3, 0.4) is 0 Å². The minimum atomic E-state index is 0. The van der Waals surface area contributed by atoms with Crippen molar-refractivity contribution in [1.82, 2.24) is 15.5 Å². The molecule has 2 rings (SSSR count). The zero-order valence-electron chi connectivity index (χ0n) is 18.3. The summed E-state index contributed by atoms with van der Waals surface area (Å²) in [6.45, 7) is 10.5. The molecule has 1 aromatic rings. The van der Waals surface area contributed by atoms with E-state index in [4.69, 9.17) is 0 Å². The molecule has 1 fully saturated rings. The quantitative estimate of drug-likeness (QED) is 0.280. The molecule has 0 aliphatic carbocycles. The summed E-state index contributed by atoms with van der Waals surface area (Å²) in [5, 5.41) is 9.92. The lowest BCUT2D eigenvalue weighted by atomic mass is 10.1. The lowest BCUT2D eigenvalue weighted by molar-refractivity contribution is -0.116. The van der Waals surface area contributed by atoms with Crippen LogP contribution >= 0.6 is 24.0 Å². The van der Waals surface area contributed by atoms with Crippen molar-refractivity contribution in [2.45, 2.75) is 59.0 Å². The smallest absolute Gasteiger partial charge is 0.224 e. The minimum absolute atomic E-state index is 0. The number of carbonyl (C=O) groups excluding carboxylic acids is 1. The van der Waals surface area contributed by atoms with E-state index in [0.29, 0.717) is 24.9 Å². The van der Waals surface area contributed by atoms with Crippen LogP contribution in [0.5, 0.6) is 0 Å². The number of likely N-dealkylation sites (tertiary alicyclic amines) is 1. The van der Waals surface area contributed by atoms with Crippen LogP contribution in [0.15, 0.2) is 29.3 Å². The number of guanidine groups is 1. The standard InChI is InChI=1S/C22H37N5O.HI/c1-5-11-27-12-9-19(10-13-27)26-22(23-4)24-16-18-7-6-8-20(15-18)25-21(28)14-17(2)3;/h6-8,15,17,19H,5,9-14,16H2,1-4H3,(H,25,28)(H2,23,24,26);1H. The van der Waals surface area contributed by atoms with Gasteiger partial charge in [0.05, 0.1) is 0 Å². The van der Waals surface area contributed by atoms with E-state index in [-0.39, 0.29) is 29.9 Å². The van der Waals surface area contributed by atoms with Crippen molar-refractivity contribution in [1.29, 1.82) is 0 Å². The zero-order chi connectivity index (χ0) is 20.4. The fourth-order valence-electron chi connectivity index (χ4n) is 3.53. The molecule has 7 heteroatoms. The molecule has 0 atom stereocenters. The van der Waals surface area contributed by atoms with Crippen molar-refractivity contribution in [3.05, 3.63) is 29.8 Å². The average Bonchev–Trinajstić information content (AvgIpc) is 2.66. The van der Waals surface area contributed by atoms with E-state index in [9.17, 15) is 4.79 Å². The molecule has 29 heavy (non-hydrogen) atoms. The number of hydrogen-bond donors (Lipinski definition) is 3. The van der Waals surface area contributed by atoms with Crippen LogP contribution in [0.4, 0.5) is 5.69 Å². The van der Waals surface area contributed by atoms with Gasteiger partial charge in [-0.05, 0) is 49.4 Å². The van der Waals surface area contributed by atoms with Crippen LogP contribution in [-0.2, 0) is 11.3 Å². The van der Waals surface area contributed by atoms with Crippen LogP contribution in [0, 0.1) is 5.92 Å². The normalized spacial score (nSPS) is 15.7. The number of halogens is 1. The number of aliphatic imine (C=N–C) groups is 1. The molecule has 0 saturated carbocycles. The third-order valence-corrected chi connectivity index (χ3v) is 4.96. The first-order chi connectivity index (χ1) is 13.5. The van der Waals surface area contributed by atoms with E-state index in [0.717, 1.165) is 43.1 Å². The van der Waals surface area contributed by atoms with Gasteiger partial charge in [0.25, 0.3) is 0 Å². The molecule has 164 valence electrons. The Morgan fingerprint density at radius 3 is 2.62 bits per heavy atom.